The molecule has 0 saturated heterocycles. The van der Waals surface area contributed by atoms with Crippen LogP contribution in [0.25, 0.3) is 0 Å². The summed E-state index contributed by atoms with van der Waals surface area (Å²) >= 11 is 5.88. The van der Waals surface area contributed by atoms with E-state index in [1.54, 1.807) is 6.92 Å². The van der Waals surface area contributed by atoms with Crippen LogP contribution in [0.1, 0.15) is 26.3 Å². The second-order valence-electron chi connectivity index (χ2n) is 6.03. The van der Waals surface area contributed by atoms with Crippen LogP contribution in [-0.2, 0) is 21.0 Å². The summed E-state index contributed by atoms with van der Waals surface area (Å²) in [7, 11) is -4.03. The van der Waals surface area contributed by atoms with Crippen molar-refractivity contribution in [2.45, 2.75) is 33.0 Å². The Bertz CT molecular complexity index is 736. The maximum absolute atomic E-state index is 12.9. The van der Waals surface area contributed by atoms with E-state index in [1.807, 2.05) is 13.8 Å². The first kappa shape index (κ1) is 21.6. The number of amides is 1. The molecule has 0 unspecified atom stereocenters. The van der Waals surface area contributed by atoms with Gasteiger partial charge in [0.25, 0.3) is 0 Å². The van der Waals surface area contributed by atoms with Crippen LogP contribution in [0.5, 0.6) is 0 Å². The highest BCUT2D eigenvalue weighted by molar-refractivity contribution is 7.92. The SMILES string of the molecule is CC(C)[C@@H](C)NC(=O)CN(c1cc(C(F)(F)F)ccc1Cl)S(C)(=O)=O. The Labute approximate surface area is 150 Å². The minimum atomic E-state index is -4.67. The van der Waals surface area contributed by atoms with Gasteiger partial charge in [-0.25, -0.2) is 8.42 Å². The molecule has 0 bridgehead atoms. The van der Waals surface area contributed by atoms with Crippen LogP contribution in [0.2, 0.25) is 5.02 Å². The summed E-state index contributed by atoms with van der Waals surface area (Å²) < 4.78 is 63.3. The second kappa shape index (κ2) is 7.82. The zero-order valence-electron chi connectivity index (χ0n) is 14.2. The van der Waals surface area contributed by atoms with Gasteiger partial charge in [-0.1, -0.05) is 25.4 Å². The Hall–Kier alpha value is -1.48. The van der Waals surface area contributed by atoms with E-state index in [0.29, 0.717) is 10.4 Å². The lowest BCUT2D eigenvalue weighted by molar-refractivity contribution is -0.137. The highest BCUT2D eigenvalue weighted by Gasteiger charge is 2.33. The van der Waals surface area contributed by atoms with Gasteiger partial charge in [0.1, 0.15) is 6.54 Å². The number of alkyl halides is 3. The third-order valence-electron chi connectivity index (χ3n) is 3.62. The van der Waals surface area contributed by atoms with Crippen molar-refractivity contribution in [3.05, 3.63) is 28.8 Å². The number of rotatable bonds is 6. The summed E-state index contributed by atoms with van der Waals surface area (Å²) in [6.45, 7) is 4.80. The molecule has 10 heteroatoms. The molecule has 0 aromatic heterocycles. The molecule has 1 amide bonds. The molecule has 0 aliphatic carbocycles. The standard InChI is InChI=1S/C15H20ClF3N2O3S/c1-9(2)10(3)20-14(22)8-21(25(4,23)24)13-7-11(15(17,18)19)5-6-12(13)16/h5-7,9-10H,8H2,1-4H3,(H,20,22)/t10-/m1/s1. The molecule has 1 N–H and O–H groups in total. The molecule has 0 radical (unpaired) electrons. The van der Waals surface area contributed by atoms with E-state index in [-0.39, 0.29) is 17.0 Å². The van der Waals surface area contributed by atoms with E-state index in [4.69, 9.17) is 11.6 Å². The number of carbonyl (C=O) groups is 1. The van der Waals surface area contributed by atoms with E-state index < -0.39 is 39.9 Å². The first-order chi connectivity index (χ1) is 11.2. The molecule has 1 rings (SSSR count). The van der Waals surface area contributed by atoms with Gasteiger partial charge < -0.3 is 5.32 Å². The van der Waals surface area contributed by atoms with Gasteiger partial charge in [0.05, 0.1) is 22.5 Å². The van der Waals surface area contributed by atoms with Crippen molar-refractivity contribution in [1.82, 2.24) is 5.32 Å². The van der Waals surface area contributed by atoms with Crippen LogP contribution in [-0.4, -0.2) is 33.2 Å². The summed E-state index contributed by atoms with van der Waals surface area (Å²) in [5.74, 6) is -0.534. The van der Waals surface area contributed by atoms with Gasteiger partial charge in [-0.05, 0) is 31.0 Å². The van der Waals surface area contributed by atoms with Crippen LogP contribution in [0.15, 0.2) is 18.2 Å². The number of hydrogen-bond donors (Lipinski definition) is 1. The summed E-state index contributed by atoms with van der Waals surface area (Å²) in [6.07, 6.45) is -3.88. The fraction of sp³-hybridized carbons (Fsp3) is 0.533. The second-order valence-corrected chi connectivity index (χ2v) is 8.35. The Morgan fingerprint density at radius 2 is 1.84 bits per heavy atom. The first-order valence-electron chi connectivity index (χ1n) is 7.37. The van der Waals surface area contributed by atoms with Gasteiger partial charge in [-0.2, -0.15) is 13.2 Å². The number of sulfonamides is 1. The monoisotopic (exact) mass is 400 g/mol. The van der Waals surface area contributed by atoms with E-state index in [1.165, 1.54) is 0 Å². The Balaban J connectivity index is 3.23. The molecular weight excluding hydrogens is 381 g/mol. The van der Waals surface area contributed by atoms with Crippen molar-refractivity contribution in [3.8, 4) is 0 Å². The molecule has 0 spiro atoms. The van der Waals surface area contributed by atoms with Crippen molar-refractivity contribution in [1.29, 1.82) is 0 Å². The van der Waals surface area contributed by atoms with Crippen molar-refractivity contribution >= 4 is 33.2 Å². The lowest BCUT2D eigenvalue weighted by Gasteiger charge is -2.25. The van der Waals surface area contributed by atoms with Crippen LogP contribution in [0.3, 0.4) is 0 Å². The molecule has 0 aliphatic rings. The van der Waals surface area contributed by atoms with Crippen LogP contribution < -0.4 is 9.62 Å². The third-order valence-corrected chi connectivity index (χ3v) is 5.06. The van der Waals surface area contributed by atoms with Gasteiger partial charge in [-0.3, -0.25) is 9.10 Å². The normalized spacial score (nSPS) is 13.6. The molecule has 142 valence electrons. The number of nitrogens with one attached hydrogen (secondary N) is 1. The lowest BCUT2D eigenvalue weighted by atomic mass is 10.1. The number of benzene rings is 1. The maximum atomic E-state index is 12.9. The van der Waals surface area contributed by atoms with Gasteiger partial charge in [0, 0.05) is 6.04 Å². The maximum Gasteiger partial charge on any atom is 0.416 e. The van der Waals surface area contributed by atoms with E-state index in [9.17, 15) is 26.4 Å². The number of hydrogen-bond acceptors (Lipinski definition) is 3. The fourth-order valence-electron chi connectivity index (χ4n) is 1.86. The molecule has 5 nitrogen and oxygen atoms in total. The molecule has 0 aliphatic heterocycles. The van der Waals surface area contributed by atoms with Gasteiger partial charge in [0.15, 0.2) is 0 Å². The quantitative estimate of drug-likeness (QED) is 0.796. The number of anilines is 1. The van der Waals surface area contributed by atoms with E-state index >= 15 is 0 Å². The molecular formula is C15H20ClF3N2O3S. The number of halogens is 4. The lowest BCUT2D eigenvalue weighted by Crippen LogP contribution is -2.44. The van der Waals surface area contributed by atoms with Crippen LogP contribution in [0, 0.1) is 5.92 Å². The average molecular weight is 401 g/mol. The average Bonchev–Trinajstić information content (AvgIpc) is 2.43. The van der Waals surface area contributed by atoms with Crippen LogP contribution in [0.4, 0.5) is 18.9 Å². The molecule has 1 atom stereocenters. The van der Waals surface area contributed by atoms with Gasteiger partial charge in [0.2, 0.25) is 15.9 Å². The molecule has 0 saturated carbocycles. The summed E-state index contributed by atoms with van der Waals surface area (Å²) in [6, 6.07) is 2.08. The molecule has 1 aromatic rings. The largest absolute Gasteiger partial charge is 0.416 e. The Morgan fingerprint density at radius 1 is 1.28 bits per heavy atom. The summed E-state index contributed by atoms with van der Waals surface area (Å²) in [4.78, 5) is 12.1. The fourth-order valence-corrected chi connectivity index (χ4v) is 2.99. The Kier molecular flexibility index (Phi) is 6.74. The molecule has 0 heterocycles. The zero-order chi connectivity index (χ0) is 19.6. The van der Waals surface area contributed by atoms with Crippen molar-refractivity contribution in [3.63, 3.8) is 0 Å². The Morgan fingerprint density at radius 3 is 2.28 bits per heavy atom. The predicted octanol–water partition coefficient (Wildman–Crippen LogP) is 3.29. The van der Waals surface area contributed by atoms with E-state index in [0.717, 1.165) is 18.4 Å². The van der Waals surface area contributed by atoms with Crippen molar-refractivity contribution in [2.75, 3.05) is 17.1 Å². The highest BCUT2D eigenvalue weighted by Crippen LogP contribution is 2.36. The number of carbonyl (C=O) groups excluding carboxylic acids is 1. The summed E-state index contributed by atoms with van der Waals surface area (Å²) in [5.41, 5.74) is -1.46. The topological polar surface area (TPSA) is 66.5 Å². The third kappa shape index (κ3) is 6.07. The smallest absolute Gasteiger partial charge is 0.352 e. The van der Waals surface area contributed by atoms with Crippen LogP contribution >= 0.6 is 11.6 Å². The molecule has 0 fully saturated rings. The minimum Gasteiger partial charge on any atom is -0.352 e. The van der Waals surface area contributed by atoms with Crippen molar-refractivity contribution in [2.24, 2.45) is 5.92 Å². The minimum absolute atomic E-state index is 0.104. The van der Waals surface area contributed by atoms with Gasteiger partial charge in [-0.15, -0.1) is 0 Å². The molecule has 25 heavy (non-hydrogen) atoms. The predicted molar refractivity (Wildman–Crippen MR) is 91.1 cm³/mol. The zero-order valence-corrected chi connectivity index (χ0v) is 15.8. The summed E-state index contributed by atoms with van der Waals surface area (Å²) in [5, 5.41) is 2.40. The van der Waals surface area contributed by atoms with E-state index in [2.05, 4.69) is 5.32 Å². The van der Waals surface area contributed by atoms with Gasteiger partial charge >= 0.3 is 6.18 Å². The number of nitrogens with zero attached hydrogens (tertiary/aromatic N) is 1. The highest BCUT2D eigenvalue weighted by atomic mass is 35.5. The van der Waals surface area contributed by atoms with Crippen molar-refractivity contribution < 1.29 is 26.4 Å². The first-order valence-corrected chi connectivity index (χ1v) is 9.60. The molecule has 1 aromatic carbocycles.